The molecule has 0 saturated carbocycles. The molecular weight excluding hydrogens is 436 g/mol. The van der Waals surface area contributed by atoms with Crippen molar-refractivity contribution in [1.29, 1.82) is 0 Å². The third-order valence-corrected chi connectivity index (χ3v) is 5.10. The van der Waals surface area contributed by atoms with Gasteiger partial charge in [0.05, 0.1) is 21.3 Å². The quantitative estimate of drug-likeness (QED) is 0.237. The van der Waals surface area contributed by atoms with Crippen molar-refractivity contribution >= 4 is 11.5 Å². The smallest absolute Gasteiger partial charge is 0.377 e. The van der Waals surface area contributed by atoms with Crippen LogP contribution >= 0.6 is 0 Å². The van der Waals surface area contributed by atoms with E-state index in [9.17, 15) is 4.79 Å². The summed E-state index contributed by atoms with van der Waals surface area (Å²) in [6.07, 6.45) is 2.48. The van der Waals surface area contributed by atoms with E-state index in [1.165, 1.54) is 20.5 Å². The second-order valence-electron chi connectivity index (χ2n) is 7.62. The lowest BCUT2D eigenvalue weighted by atomic mass is 10.0. The van der Waals surface area contributed by atoms with E-state index in [0.29, 0.717) is 29.4 Å². The Hall–Kier alpha value is -4.07. The number of ether oxygens (including phenoxy) is 4. The van der Waals surface area contributed by atoms with Gasteiger partial charge in [-0.1, -0.05) is 29.9 Å². The summed E-state index contributed by atoms with van der Waals surface area (Å²) in [6.45, 7) is 7.83. The average Bonchev–Trinajstić information content (AvgIpc) is 3.32. The molecule has 1 aromatic heterocycles. The maximum absolute atomic E-state index is 11.9. The van der Waals surface area contributed by atoms with Gasteiger partial charge in [0.15, 0.2) is 0 Å². The summed E-state index contributed by atoms with van der Waals surface area (Å²) in [5, 5.41) is 4.10. The summed E-state index contributed by atoms with van der Waals surface area (Å²) in [6, 6.07) is 11.5. The monoisotopic (exact) mass is 464 g/mol. The first-order valence-corrected chi connectivity index (χ1v) is 10.6. The number of hydrogen-bond donors (Lipinski definition) is 0. The molecule has 0 radical (unpaired) electrons. The van der Waals surface area contributed by atoms with E-state index < -0.39 is 5.97 Å². The van der Waals surface area contributed by atoms with Crippen LogP contribution in [0.2, 0.25) is 0 Å². The molecule has 0 fully saturated rings. The van der Waals surface area contributed by atoms with Crippen LogP contribution in [-0.2, 0) is 27.1 Å². The largest absolute Gasteiger partial charge is 0.500 e. The molecule has 178 valence electrons. The van der Waals surface area contributed by atoms with Gasteiger partial charge in [0.25, 0.3) is 0 Å². The SMILES string of the molecule is C=C(C)c1cc(CCc2nc(-c3ccc(C)c(O/C(=C\OC)C(=O)OC)c3)no2)ccc1OC. The Morgan fingerprint density at radius 1 is 1.09 bits per heavy atom. The van der Waals surface area contributed by atoms with Gasteiger partial charge in [0.1, 0.15) is 17.8 Å². The van der Waals surface area contributed by atoms with Gasteiger partial charge < -0.3 is 23.5 Å². The molecular formula is C26H28N2O6. The molecule has 0 saturated heterocycles. The molecule has 0 aliphatic rings. The molecule has 0 amide bonds. The van der Waals surface area contributed by atoms with Crippen LogP contribution < -0.4 is 9.47 Å². The minimum Gasteiger partial charge on any atom is -0.500 e. The topological polar surface area (TPSA) is 92.9 Å². The molecule has 0 bridgehead atoms. The standard InChI is InChI=1S/C26H28N2O6/c1-16(2)20-13-18(8-11-21(20)31-5)9-12-24-27-25(28-34-24)19-10-7-17(3)22(14-19)33-23(15-30-4)26(29)32-6/h7-8,10-11,13-15H,1,9,12H2,2-6H3/b23-15-. The maximum atomic E-state index is 11.9. The Labute approximate surface area is 198 Å². The summed E-state index contributed by atoms with van der Waals surface area (Å²) in [5.74, 6) is 1.45. The van der Waals surface area contributed by atoms with Gasteiger partial charge in [-0.3, -0.25) is 0 Å². The highest BCUT2D eigenvalue weighted by Gasteiger charge is 2.17. The Kier molecular flexibility index (Phi) is 8.08. The van der Waals surface area contributed by atoms with Gasteiger partial charge in [-0.05, 0) is 55.2 Å². The molecule has 2 aromatic carbocycles. The number of rotatable bonds is 10. The first kappa shape index (κ1) is 24.6. The highest BCUT2D eigenvalue weighted by Crippen LogP contribution is 2.28. The number of carbonyl (C=O) groups excluding carboxylic acids is 1. The van der Waals surface area contributed by atoms with Crippen molar-refractivity contribution < 1.29 is 28.3 Å². The zero-order valence-electron chi connectivity index (χ0n) is 20.0. The fourth-order valence-corrected chi connectivity index (χ4v) is 3.26. The van der Waals surface area contributed by atoms with E-state index in [2.05, 4.69) is 22.8 Å². The Morgan fingerprint density at radius 3 is 2.56 bits per heavy atom. The van der Waals surface area contributed by atoms with Gasteiger partial charge in [-0.25, -0.2) is 4.79 Å². The first-order valence-electron chi connectivity index (χ1n) is 10.6. The van der Waals surface area contributed by atoms with E-state index in [0.717, 1.165) is 34.4 Å². The van der Waals surface area contributed by atoms with Crippen molar-refractivity contribution in [2.75, 3.05) is 21.3 Å². The summed E-state index contributed by atoms with van der Waals surface area (Å²) in [4.78, 5) is 16.4. The van der Waals surface area contributed by atoms with Crippen molar-refractivity contribution in [3.05, 3.63) is 77.6 Å². The summed E-state index contributed by atoms with van der Waals surface area (Å²) < 4.78 is 26.2. The van der Waals surface area contributed by atoms with E-state index in [1.54, 1.807) is 13.2 Å². The predicted molar refractivity (Wildman–Crippen MR) is 127 cm³/mol. The molecule has 0 aliphatic carbocycles. The van der Waals surface area contributed by atoms with Crippen molar-refractivity contribution in [2.45, 2.75) is 26.7 Å². The van der Waals surface area contributed by atoms with Gasteiger partial charge in [0.2, 0.25) is 17.5 Å². The fourth-order valence-electron chi connectivity index (χ4n) is 3.26. The lowest BCUT2D eigenvalue weighted by Crippen LogP contribution is -2.11. The predicted octanol–water partition coefficient (Wildman–Crippen LogP) is 4.91. The molecule has 3 aromatic rings. The van der Waals surface area contributed by atoms with E-state index in [-0.39, 0.29) is 5.76 Å². The van der Waals surface area contributed by atoms with Crippen LogP contribution in [0.4, 0.5) is 0 Å². The molecule has 0 atom stereocenters. The number of aryl methyl sites for hydroxylation is 3. The zero-order chi connectivity index (χ0) is 24.7. The Morgan fingerprint density at radius 2 is 1.88 bits per heavy atom. The molecule has 3 rings (SSSR count). The molecule has 34 heavy (non-hydrogen) atoms. The summed E-state index contributed by atoms with van der Waals surface area (Å²) >= 11 is 0. The lowest BCUT2D eigenvalue weighted by molar-refractivity contribution is -0.138. The third kappa shape index (κ3) is 5.83. The van der Waals surface area contributed by atoms with Crippen molar-refractivity contribution in [3.63, 3.8) is 0 Å². The minimum atomic E-state index is -0.651. The van der Waals surface area contributed by atoms with Crippen LogP contribution in [0, 0.1) is 6.92 Å². The molecule has 8 nitrogen and oxygen atoms in total. The van der Waals surface area contributed by atoms with Gasteiger partial charge in [-0.15, -0.1) is 0 Å². The van der Waals surface area contributed by atoms with Crippen molar-refractivity contribution in [1.82, 2.24) is 10.1 Å². The minimum absolute atomic E-state index is 0.0762. The number of carbonyl (C=O) groups is 1. The Balaban J connectivity index is 1.76. The second kappa shape index (κ2) is 11.2. The van der Waals surface area contributed by atoms with E-state index in [4.69, 9.17) is 23.5 Å². The van der Waals surface area contributed by atoms with Crippen LogP contribution in [0.15, 0.2) is 59.5 Å². The number of allylic oxidation sites excluding steroid dienone is 1. The number of esters is 1. The van der Waals surface area contributed by atoms with Crippen LogP contribution in [0.5, 0.6) is 11.5 Å². The lowest BCUT2D eigenvalue weighted by Gasteiger charge is -2.11. The third-order valence-electron chi connectivity index (χ3n) is 5.10. The molecule has 0 aliphatic heterocycles. The number of nitrogens with zero attached hydrogens (tertiary/aromatic N) is 2. The highest BCUT2D eigenvalue weighted by atomic mass is 16.6. The molecule has 0 N–H and O–H groups in total. The fraction of sp³-hybridized carbons (Fsp3) is 0.269. The average molecular weight is 465 g/mol. The second-order valence-corrected chi connectivity index (χ2v) is 7.62. The normalized spacial score (nSPS) is 11.1. The van der Waals surface area contributed by atoms with Crippen LogP contribution in [-0.4, -0.2) is 37.4 Å². The Bertz CT molecular complexity index is 1210. The van der Waals surface area contributed by atoms with E-state index >= 15 is 0 Å². The van der Waals surface area contributed by atoms with Crippen LogP contribution in [0.25, 0.3) is 17.0 Å². The number of hydrogen-bond acceptors (Lipinski definition) is 8. The summed E-state index contributed by atoms with van der Waals surface area (Å²) in [5.41, 5.74) is 4.53. The highest BCUT2D eigenvalue weighted by molar-refractivity contribution is 5.86. The molecule has 1 heterocycles. The molecule has 0 spiro atoms. The molecule has 0 unspecified atom stereocenters. The first-order chi connectivity index (χ1) is 16.4. The van der Waals surface area contributed by atoms with Crippen LogP contribution in [0.1, 0.15) is 29.5 Å². The molecule has 8 heteroatoms. The zero-order valence-corrected chi connectivity index (χ0v) is 20.0. The summed E-state index contributed by atoms with van der Waals surface area (Å²) in [7, 11) is 4.33. The maximum Gasteiger partial charge on any atom is 0.377 e. The van der Waals surface area contributed by atoms with Crippen molar-refractivity contribution in [3.8, 4) is 22.9 Å². The van der Waals surface area contributed by atoms with Crippen LogP contribution in [0.3, 0.4) is 0 Å². The van der Waals surface area contributed by atoms with Crippen molar-refractivity contribution in [2.24, 2.45) is 0 Å². The van der Waals surface area contributed by atoms with Gasteiger partial charge in [0, 0.05) is 17.5 Å². The van der Waals surface area contributed by atoms with E-state index in [1.807, 2.05) is 38.1 Å². The number of methoxy groups -OCH3 is 3. The van der Waals surface area contributed by atoms with Gasteiger partial charge in [-0.2, -0.15) is 4.98 Å². The number of aromatic nitrogens is 2. The number of benzene rings is 2. The van der Waals surface area contributed by atoms with Gasteiger partial charge >= 0.3 is 5.97 Å².